The lowest BCUT2D eigenvalue weighted by molar-refractivity contribution is -0.142. The molecule has 0 aliphatic carbocycles. The lowest BCUT2D eigenvalue weighted by Crippen LogP contribution is -2.65. The molecule has 0 spiro atoms. The summed E-state index contributed by atoms with van der Waals surface area (Å²) in [5, 5.41) is 0. The molecule has 0 aromatic heterocycles. The molecule has 3 aliphatic rings. The summed E-state index contributed by atoms with van der Waals surface area (Å²) in [4.78, 5) is 38.6. The molecular formula is C10H10Br2N2O5. The van der Waals surface area contributed by atoms with E-state index >= 15 is 0 Å². The van der Waals surface area contributed by atoms with Gasteiger partial charge in [0, 0.05) is 0 Å². The minimum Gasteiger partial charge on any atom is -0.371 e. The van der Waals surface area contributed by atoms with Gasteiger partial charge >= 0.3 is 6.03 Å². The van der Waals surface area contributed by atoms with E-state index in [9.17, 15) is 14.4 Å². The predicted molar refractivity (Wildman–Crippen MR) is 68.9 cm³/mol. The zero-order valence-corrected chi connectivity index (χ0v) is 12.8. The zero-order valence-electron chi connectivity index (χ0n) is 9.67. The third-order valence-electron chi connectivity index (χ3n) is 3.07. The molecule has 0 radical (unpaired) electrons. The quantitative estimate of drug-likeness (QED) is 0.380. The predicted octanol–water partition coefficient (Wildman–Crippen LogP) is 0.0609. The van der Waals surface area contributed by atoms with Crippen LogP contribution >= 0.6 is 31.9 Å². The Morgan fingerprint density at radius 3 is 1.68 bits per heavy atom. The fourth-order valence-electron chi connectivity index (χ4n) is 1.83. The van der Waals surface area contributed by atoms with Crippen LogP contribution in [0.4, 0.5) is 4.79 Å². The number of epoxide rings is 2. The number of alkyl halides is 2. The first kappa shape index (κ1) is 13.5. The number of carbonyl (C=O) groups is 3. The Labute approximate surface area is 125 Å². The Morgan fingerprint density at radius 2 is 1.37 bits per heavy atom. The van der Waals surface area contributed by atoms with E-state index in [4.69, 9.17) is 9.47 Å². The van der Waals surface area contributed by atoms with Crippen molar-refractivity contribution in [3.63, 3.8) is 0 Å². The molecular weight excluding hydrogens is 388 g/mol. The van der Waals surface area contributed by atoms with Gasteiger partial charge in [0.2, 0.25) is 3.23 Å². The fourth-order valence-corrected chi connectivity index (χ4v) is 2.68. The van der Waals surface area contributed by atoms with Crippen molar-refractivity contribution in [2.24, 2.45) is 0 Å². The van der Waals surface area contributed by atoms with Crippen LogP contribution in [0.25, 0.3) is 0 Å². The number of hydrogen-bond donors (Lipinski definition) is 0. The van der Waals surface area contributed by atoms with E-state index in [0.717, 1.165) is 9.80 Å². The fraction of sp³-hybridized carbons (Fsp3) is 0.700. The van der Waals surface area contributed by atoms with Gasteiger partial charge in [0.1, 0.15) is 0 Å². The topological polar surface area (TPSA) is 82.8 Å². The number of halogens is 2. The number of carbonyl (C=O) groups excluding carboxylic acids is 3. The van der Waals surface area contributed by atoms with Crippen molar-refractivity contribution in [1.82, 2.24) is 9.80 Å². The summed E-state index contributed by atoms with van der Waals surface area (Å²) >= 11 is 6.11. The first-order chi connectivity index (χ1) is 8.91. The van der Waals surface area contributed by atoms with Crippen LogP contribution in [0, 0.1) is 0 Å². The van der Waals surface area contributed by atoms with E-state index in [1.807, 2.05) is 0 Å². The third kappa shape index (κ3) is 2.44. The van der Waals surface area contributed by atoms with Crippen molar-refractivity contribution in [3.8, 4) is 0 Å². The second kappa shape index (κ2) is 4.51. The van der Waals surface area contributed by atoms with Gasteiger partial charge in [-0.3, -0.25) is 19.4 Å². The molecule has 9 heteroatoms. The molecule has 3 fully saturated rings. The maximum atomic E-state index is 12.2. The molecule has 19 heavy (non-hydrogen) atoms. The SMILES string of the molecule is O=C1N(CC2CO2)C(=O)C(Br)(Br)C(=O)N1CC1CO1. The van der Waals surface area contributed by atoms with Crippen LogP contribution in [0.5, 0.6) is 0 Å². The van der Waals surface area contributed by atoms with Crippen molar-refractivity contribution in [2.75, 3.05) is 26.3 Å². The van der Waals surface area contributed by atoms with E-state index in [-0.39, 0.29) is 25.3 Å². The van der Waals surface area contributed by atoms with E-state index in [1.54, 1.807) is 0 Å². The van der Waals surface area contributed by atoms with Crippen LogP contribution in [0.15, 0.2) is 0 Å². The Balaban J connectivity index is 1.84. The van der Waals surface area contributed by atoms with Gasteiger partial charge in [0.25, 0.3) is 11.8 Å². The molecule has 3 rings (SSSR count). The summed E-state index contributed by atoms with van der Waals surface area (Å²) in [7, 11) is 0. The first-order valence-electron chi connectivity index (χ1n) is 5.70. The second-order valence-corrected chi connectivity index (χ2v) is 8.04. The molecule has 2 unspecified atom stereocenters. The highest BCUT2D eigenvalue weighted by molar-refractivity contribution is 9.26. The standard InChI is InChI=1S/C10H10Br2N2O5/c11-10(12)7(15)13(1-5-3-18-5)9(17)14(8(10)16)2-6-4-19-6/h5-6H,1-4H2. The molecule has 0 aromatic carbocycles. The molecule has 0 saturated carbocycles. The Kier molecular flexibility index (Phi) is 3.19. The normalized spacial score (nSPS) is 32.8. The summed E-state index contributed by atoms with van der Waals surface area (Å²) in [5.74, 6) is -1.24. The third-order valence-corrected chi connectivity index (χ3v) is 4.42. The highest BCUT2D eigenvalue weighted by Gasteiger charge is 2.56. The van der Waals surface area contributed by atoms with Gasteiger partial charge in [-0.15, -0.1) is 0 Å². The van der Waals surface area contributed by atoms with Crippen LogP contribution in [-0.2, 0) is 19.1 Å². The van der Waals surface area contributed by atoms with Gasteiger partial charge < -0.3 is 9.47 Å². The molecule has 0 aromatic rings. The molecule has 3 aliphatic heterocycles. The zero-order chi connectivity index (χ0) is 13.8. The summed E-state index contributed by atoms with van der Waals surface area (Å²) in [6.45, 7) is 1.36. The average Bonchev–Trinajstić information content (AvgIpc) is 3.23. The van der Waals surface area contributed by atoms with E-state index < -0.39 is 21.1 Å². The van der Waals surface area contributed by atoms with Crippen molar-refractivity contribution >= 4 is 49.7 Å². The smallest absolute Gasteiger partial charge is 0.333 e. The number of imide groups is 2. The monoisotopic (exact) mass is 396 g/mol. The highest BCUT2D eigenvalue weighted by atomic mass is 79.9. The van der Waals surface area contributed by atoms with Crippen molar-refractivity contribution in [3.05, 3.63) is 0 Å². The average molecular weight is 398 g/mol. The van der Waals surface area contributed by atoms with Gasteiger partial charge in [-0.05, 0) is 0 Å². The van der Waals surface area contributed by atoms with Crippen LogP contribution in [0.3, 0.4) is 0 Å². The molecule has 104 valence electrons. The number of barbiturate groups is 1. The van der Waals surface area contributed by atoms with Crippen molar-refractivity contribution < 1.29 is 23.9 Å². The number of ether oxygens (including phenoxy) is 2. The van der Waals surface area contributed by atoms with Gasteiger partial charge in [-0.1, -0.05) is 31.9 Å². The van der Waals surface area contributed by atoms with Gasteiger partial charge in [-0.25, -0.2) is 4.79 Å². The van der Waals surface area contributed by atoms with Crippen LogP contribution in [0.2, 0.25) is 0 Å². The van der Waals surface area contributed by atoms with Crippen LogP contribution in [0.1, 0.15) is 0 Å². The largest absolute Gasteiger partial charge is 0.371 e. The number of hydrogen-bond acceptors (Lipinski definition) is 5. The number of amides is 4. The number of nitrogens with zero attached hydrogens (tertiary/aromatic N) is 2. The van der Waals surface area contributed by atoms with Gasteiger partial charge in [0.05, 0.1) is 38.5 Å². The van der Waals surface area contributed by atoms with Gasteiger partial charge in [-0.2, -0.15) is 0 Å². The molecule has 7 nitrogen and oxygen atoms in total. The first-order valence-corrected chi connectivity index (χ1v) is 7.28. The summed E-state index contributed by atoms with van der Waals surface area (Å²) < 4.78 is 8.47. The second-order valence-electron chi connectivity index (χ2n) is 4.60. The summed E-state index contributed by atoms with van der Waals surface area (Å²) in [6.07, 6.45) is -0.258. The molecule has 0 N–H and O–H groups in total. The lowest BCUT2D eigenvalue weighted by Gasteiger charge is -2.38. The van der Waals surface area contributed by atoms with E-state index in [0.29, 0.717) is 13.2 Å². The van der Waals surface area contributed by atoms with Crippen LogP contribution < -0.4 is 0 Å². The number of rotatable bonds is 4. The summed E-state index contributed by atoms with van der Waals surface area (Å²) in [6, 6.07) is -0.615. The molecule has 2 atom stereocenters. The minimum absolute atomic E-state index is 0.129. The summed E-state index contributed by atoms with van der Waals surface area (Å²) in [5.41, 5.74) is 0. The highest BCUT2D eigenvalue weighted by Crippen LogP contribution is 2.36. The Hall–Kier alpha value is -0.510. The van der Waals surface area contributed by atoms with Gasteiger partial charge in [0.15, 0.2) is 0 Å². The number of urea groups is 1. The van der Waals surface area contributed by atoms with Crippen LogP contribution in [-0.4, -0.2) is 69.4 Å². The molecule has 0 bridgehead atoms. The van der Waals surface area contributed by atoms with E-state index in [2.05, 4.69) is 31.9 Å². The Morgan fingerprint density at radius 1 is 1.00 bits per heavy atom. The maximum Gasteiger partial charge on any atom is 0.333 e. The van der Waals surface area contributed by atoms with E-state index in [1.165, 1.54) is 0 Å². The molecule has 3 saturated heterocycles. The minimum atomic E-state index is -1.59. The maximum absolute atomic E-state index is 12.2. The van der Waals surface area contributed by atoms with Crippen molar-refractivity contribution in [1.29, 1.82) is 0 Å². The van der Waals surface area contributed by atoms with Crippen molar-refractivity contribution in [2.45, 2.75) is 15.4 Å². The molecule has 3 heterocycles. The lowest BCUT2D eigenvalue weighted by atomic mass is 10.2. The molecule has 4 amide bonds. The Bertz CT molecular complexity index is 423.